The van der Waals surface area contributed by atoms with Gasteiger partial charge in [-0.05, 0) is 19.3 Å². The van der Waals surface area contributed by atoms with Crippen molar-refractivity contribution in [3.8, 4) is 0 Å². The number of hydrogen-bond acceptors (Lipinski definition) is 4. The van der Waals surface area contributed by atoms with Crippen molar-refractivity contribution < 1.29 is 4.74 Å². The van der Waals surface area contributed by atoms with E-state index in [1.165, 1.54) is 25.7 Å². The SMILES string of the molecule is CCCc1nn(C)c(NCCOC2CCCC2)c1N. The Kier molecular flexibility index (Phi) is 5.07. The number of nitrogens with one attached hydrogen (secondary N) is 1. The molecule has 0 saturated heterocycles. The second-order valence-corrected chi connectivity index (χ2v) is 5.29. The summed E-state index contributed by atoms with van der Waals surface area (Å²) in [4.78, 5) is 0. The molecule has 0 atom stereocenters. The van der Waals surface area contributed by atoms with Gasteiger partial charge >= 0.3 is 0 Å². The molecule has 0 bridgehead atoms. The van der Waals surface area contributed by atoms with Crippen molar-refractivity contribution in [3.63, 3.8) is 0 Å². The van der Waals surface area contributed by atoms with Crippen LogP contribution < -0.4 is 11.1 Å². The van der Waals surface area contributed by atoms with Gasteiger partial charge in [0.25, 0.3) is 0 Å². The standard InChI is InChI=1S/C14H26N4O/c1-3-6-12-13(15)14(18(2)17-12)16-9-10-19-11-7-4-5-8-11/h11,16H,3-10,15H2,1-2H3. The van der Waals surface area contributed by atoms with Crippen molar-refractivity contribution in [2.24, 2.45) is 7.05 Å². The first-order valence-corrected chi connectivity index (χ1v) is 7.39. The van der Waals surface area contributed by atoms with Crippen LogP contribution in [0, 0.1) is 0 Å². The molecule has 0 aliphatic heterocycles. The molecule has 1 heterocycles. The van der Waals surface area contributed by atoms with Crippen LogP contribution in [-0.4, -0.2) is 29.0 Å². The normalized spacial score (nSPS) is 16.1. The molecular formula is C14H26N4O. The summed E-state index contributed by atoms with van der Waals surface area (Å²) in [6.07, 6.45) is 7.52. The summed E-state index contributed by atoms with van der Waals surface area (Å²) in [5.41, 5.74) is 7.88. The van der Waals surface area contributed by atoms with Crippen LogP contribution in [0.3, 0.4) is 0 Å². The van der Waals surface area contributed by atoms with Gasteiger partial charge in [0, 0.05) is 13.6 Å². The molecule has 0 radical (unpaired) electrons. The Morgan fingerprint density at radius 3 is 2.84 bits per heavy atom. The Morgan fingerprint density at radius 2 is 2.16 bits per heavy atom. The number of nitrogens with zero attached hydrogens (tertiary/aromatic N) is 2. The monoisotopic (exact) mass is 266 g/mol. The van der Waals surface area contributed by atoms with E-state index in [9.17, 15) is 0 Å². The minimum absolute atomic E-state index is 0.473. The van der Waals surface area contributed by atoms with Gasteiger partial charge in [-0.1, -0.05) is 26.2 Å². The van der Waals surface area contributed by atoms with Crippen molar-refractivity contribution in [2.75, 3.05) is 24.2 Å². The van der Waals surface area contributed by atoms with Gasteiger partial charge in [0.2, 0.25) is 0 Å². The first-order chi connectivity index (χ1) is 9.22. The molecule has 1 aliphatic rings. The zero-order valence-corrected chi connectivity index (χ0v) is 12.1. The maximum Gasteiger partial charge on any atom is 0.147 e. The lowest BCUT2D eigenvalue weighted by Crippen LogP contribution is -2.17. The molecule has 1 aromatic rings. The van der Waals surface area contributed by atoms with Gasteiger partial charge in [0.05, 0.1) is 24.1 Å². The molecule has 108 valence electrons. The second-order valence-electron chi connectivity index (χ2n) is 5.29. The molecule has 19 heavy (non-hydrogen) atoms. The van der Waals surface area contributed by atoms with Crippen LogP contribution in [0.1, 0.15) is 44.7 Å². The van der Waals surface area contributed by atoms with E-state index < -0.39 is 0 Å². The van der Waals surface area contributed by atoms with Crippen LogP contribution in [0.4, 0.5) is 11.5 Å². The van der Waals surface area contributed by atoms with Gasteiger partial charge in [-0.3, -0.25) is 4.68 Å². The van der Waals surface area contributed by atoms with Crippen molar-refractivity contribution in [1.29, 1.82) is 0 Å². The highest BCUT2D eigenvalue weighted by Crippen LogP contribution is 2.23. The highest BCUT2D eigenvalue weighted by Gasteiger charge is 2.15. The summed E-state index contributed by atoms with van der Waals surface area (Å²) in [5.74, 6) is 0.915. The van der Waals surface area contributed by atoms with E-state index in [2.05, 4.69) is 17.3 Å². The lowest BCUT2D eigenvalue weighted by atomic mass is 10.2. The Hall–Kier alpha value is -1.23. The predicted octanol–water partition coefficient (Wildman–Crippen LogP) is 2.33. The number of hydrogen-bond donors (Lipinski definition) is 2. The lowest BCUT2D eigenvalue weighted by molar-refractivity contribution is 0.0658. The van der Waals surface area contributed by atoms with Crippen molar-refractivity contribution in [1.82, 2.24) is 9.78 Å². The Bertz CT molecular complexity index is 396. The first kappa shape index (κ1) is 14.2. The number of aryl methyl sites for hydroxylation is 2. The van der Waals surface area contributed by atoms with Crippen LogP contribution in [0.15, 0.2) is 0 Å². The van der Waals surface area contributed by atoms with Crippen LogP contribution in [0.25, 0.3) is 0 Å². The Balaban J connectivity index is 1.78. The van der Waals surface area contributed by atoms with E-state index >= 15 is 0 Å². The fourth-order valence-corrected chi connectivity index (χ4v) is 2.68. The fourth-order valence-electron chi connectivity index (χ4n) is 2.68. The maximum atomic E-state index is 6.11. The number of aromatic nitrogens is 2. The zero-order valence-electron chi connectivity index (χ0n) is 12.1. The maximum absolute atomic E-state index is 6.11. The molecule has 1 fully saturated rings. The molecular weight excluding hydrogens is 240 g/mol. The second kappa shape index (κ2) is 6.80. The average molecular weight is 266 g/mol. The molecule has 2 rings (SSSR count). The van der Waals surface area contributed by atoms with E-state index in [-0.39, 0.29) is 0 Å². The minimum Gasteiger partial charge on any atom is -0.394 e. The quantitative estimate of drug-likeness (QED) is 0.743. The van der Waals surface area contributed by atoms with Crippen LogP contribution in [0.5, 0.6) is 0 Å². The smallest absolute Gasteiger partial charge is 0.147 e. The van der Waals surface area contributed by atoms with E-state index in [4.69, 9.17) is 10.5 Å². The number of ether oxygens (including phenoxy) is 1. The van der Waals surface area contributed by atoms with E-state index in [0.717, 1.165) is 43.2 Å². The molecule has 3 N–H and O–H groups in total. The van der Waals surface area contributed by atoms with Gasteiger partial charge in [0.15, 0.2) is 0 Å². The van der Waals surface area contributed by atoms with E-state index in [1.54, 1.807) is 0 Å². The largest absolute Gasteiger partial charge is 0.394 e. The first-order valence-electron chi connectivity index (χ1n) is 7.39. The number of rotatable bonds is 7. The topological polar surface area (TPSA) is 65.1 Å². The van der Waals surface area contributed by atoms with Crippen LogP contribution >= 0.6 is 0 Å². The number of nitrogens with two attached hydrogens (primary N) is 1. The van der Waals surface area contributed by atoms with Gasteiger partial charge in [0.1, 0.15) is 5.82 Å². The summed E-state index contributed by atoms with van der Waals surface area (Å²) in [6, 6.07) is 0. The summed E-state index contributed by atoms with van der Waals surface area (Å²) in [6.45, 7) is 3.65. The molecule has 1 saturated carbocycles. The number of nitrogen functional groups attached to an aromatic ring is 1. The molecule has 0 unspecified atom stereocenters. The van der Waals surface area contributed by atoms with Gasteiger partial charge < -0.3 is 15.8 Å². The van der Waals surface area contributed by atoms with Gasteiger partial charge in [-0.15, -0.1) is 0 Å². The molecule has 0 aromatic carbocycles. The third-order valence-corrected chi connectivity index (χ3v) is 3.70. The van der Waals surface area contributed by atoms with E-state index in [0.29, 0.717) is 6.10 Å². The lowest BCUT2D eigenvalue weighted by Gasteiger charge is -2.12. The Labute approximate surface area is 115 Å². The van der Waals surface area contributed by atoms with Crippen LogP contribution in [0.2, 0.25) is 0 Å². The highest BCUT2D eigenvalue weighted by atomic mass is 16.5. The number of anilines is 2. The van der Waals surface area contributed by atoms with Crippen LogP contribution in [-0.2, 0) is 18.2 Å². The average Bonchev–Trinajstić information content (AvgIpc) is 2.98. The van der Waals surface area contributed by atoms with Gasteiger partial charge in [-0.2, -0.15) is 5.10 Å². The third kappa shape index (κ3) is 3.62. The molecule has 5 heteroatoms. The summed E-state index contributed by atoms with van der Waals surface area (Å²) in [5, 5.41) is 7.78. The Morgan fingerprint density at radius 1 is 1.42 bits per heavy atom. The molecule has 0 amide bonds. The highest BCUT2D eigenvalue weighted by molar-refractivity contribution is 5.65. The third-order valence-electron chi connectivity index (χ3n) is 3.70. The molecule has 0 spiro atoms. The fraction of sp³-hybridized carbons (Fsp3) is 0.786. The van der Waals surface area contributed by atoms with Crippen molar-refractivity contribution in [3.05, 3.63) is 5.69 Å². The molecule has 5 nitrogen and oxygen atoms in total. The summed E-state index contributed by atoms with van der Waals surface area (Å²) < 4.78 is 7.65. The zero-order chi connectivity index (χ0) is 13.7. The summed E-state index contributed by atoms with van der Waals surface area (Å²) in [7, 11) is 1.93. The molecule has 1 aliphatic carbocycles. The summed E-state index contributed by atoms with van der Waals surface area (Å²) >= 11 is 0. The predicted molar refractivity (Wildman–Crippen MR) is 78.3 cm³/mol. The van der Waals surface area contributed by atoms with Gasteiger partial charge in [-0.25, -0.2) is 0 Å². The van der Waals surface area contributed by atoms with Crippen molar-refractivity contribution in [2.45, 2.75) is 51.6 Å². The van der Waals surface area contributed by atoms with E-state index in [1.807, 2.05) is 11.7 Å². The molecule has 1 aromatic heterocycles. The minimum atomic E-state index is 0.473. The van der Waals surface area contributed by atoms with Crippen molar-refractivity contribution >= 4 is 11.5 Å².